The second-order valence-corrected chi connectivity index (χ2v) is 10.1. The molecule has 0 bridgehead atoms. The number of carbonyl (C=O) groups is 1. The molecule has 1 unspecified atom stereocenters. The maximum Gasteiger partial charge on any atom is 0.317 e. The van der Waals surface area contributed by atoms with Crippen molar-refractivity contribution in [1.29, 1.82) is 0 Å². The lowest BCUT2D eigenvalue weighted by molar-refractivity contribution is 0.167. The molecule has 1 aromatic carbocycles. The number of benzene rings is 1. The zero-order chi connectivity index (χ0) is 18.9. The first-order valence-electron chi connectivity index (χ1n) is 9.37. The zero-order valence-electron chi connectivity index (χ0n) is 15.9. The van der Waals surface area contributed by atoms with E-state index in [1.54, 1.807) is 11.8 Å². The summed E-state index contributed by atoms with van der Waals surface area (Å²) in [7, 11) is -3.18. The van der Waals surface area contributed by atoms with Crippen LogP contribution in [0.5, 0.6) is 0 Å². The van der Waals surface area contributed by atoms with Crippen LogP contribution in [0.3, 0.4) is 0 Å². The van der Waals surface area contributed by atoms with E-state index >= 15 is 0 Å². The number of urea groups is 1. The Bertz CT molecular complexity index is 768. The normalized spacial score (nSPS) is 23.3. The molecular weight excluding hydrogens is 350 g/mol. The molecule has 1 N–H and O–H groups in total. The van der Waals surface area contributed by atoms with Gasteiger partial charge in [0.25, 0.3) is 0 Å². The Morgan fingerprint density at radius 3 is 2.50 bits per heavy atom. The molecule has 0 saturated carbocycles. The van der Waals surface area contributed by atoms with Crippen LogP contribution in [-0.2, 0) is 15.4 Å². The SMILES string of the molecule is CCS(=O)(=O)N1CCN(C(=O)NC2CCC(C)(C)c3ccccc32)CC1. The Hall–Kier alpha value is -1.60. The van der Waals surface area contributed by atoms with Gasteiger partial charge in [-0.15, -0.1) is 0 Å². The highest BCUT2D eigenvalue weighted by atomic mass is 32.2. The number of nitrogens with zero attached hydrogens (tertiary/aromatic N) is 2. The topological polar surface area (TPSA) is 69.7 Å². The largest absolute Gasteiger partial charge is 0.331 e. The lowest BCUT2D eigenvalue weighted by Crippen LogP contribution is -2.54. The van der Waals surface area contributed by atoms with Gasteiger partial charge in [0.1, 0.15) is 0 Å². The van der Waals surface area contributed by atoms with Crippen molar-refractivity contribution in [1.82, 2.24) is 14.5 Å². The lowest BCUT2D eigenvalue weighted by atomic mass is 9.71. The maximum atomic E-state index is 12.7. The molecule has 0 radical (unpaired) electrons. The summed E-state index contributed by atoms with van der Waals surface area (Å²) in [4.78, 5) is 14.4. The molecule has 6 nitrogen and oxygen atoms in total. The Morgan fingerprint density at radius 1 is 1.19 bits per heavy atom. The molecule has 1 aliphatic carbocycles. The maximum absolute atomic E-state index is 12.7. The number of sulfonamides is 1. The molecule has 2 aliphatic rings. The van der Waals surface area contributed by atoms with Crippen molar-refractivity contribution in [2.75, 3.05) is 31.9 Å². The van der Waals surface area contributed by atoms with Gasteiger partial charge in [-0.25, -0.2) is 13.2 Å². The summed E-state index contributed by atoms with van der Waals surface area (Å²) in [5, 5.41) is 3.17. The molecular formula is C19H29N3O3S. The van der Waals surface area contributed by atoms with Gasteiger partial charge in [0.15, 0.2) is 0 Å². The Kier molecular flexibility index (Phi) is 5.30. The van der Waals surface area contributed by atoms with Crippen LogP contribution in [0.2, 0.25) is 0 Å². The van der Waals surface area contributed by atoms with E-state index in [9.17, 15) is 13.2 Å². The molecule has 2 amide bonds. The number of nitrogens with one attached hydrogen (secondary N) is 1. The van der Waals surface area contributed by atoms with E-state index in [2.05, 4.69) is 37.4 Å². The first-order valence-corrected chi connectivity index (χ1v) is 11.0. The fourth-order valence-electron chi connectivity index (χ4n) is 3.95. The molecule has 0 spiro atoms. The molecule has 1 aliphatic heterocycles. The average molecular weight is 380 g/mol. The van der Waals surface area contributed by atoms with Crippen molar-refractivity contribution in [3.8, 4) is 0 Å². The molecule has 1 atom stereocenters. The molecule has 7 heteroatoms. The lowest BCUT2D eigenvalue weighted by Gasteiger charge is -2.39. The summed E-state index contributed by atoms with van der Waals surface area (Å²) in [6, 6.07) is 8.25. The van der Waals surface area contributed by atoms with Crippen molar-refractivity contribution in [3.05, 3.63) is 35.4 Å². The number of piperazine rings is 1. The highest BCUT2D eigenvalue weighted by Gasteiger charge is 2.34. The molecule has 144 valence electrons. The summed E-state index contributed by atoms with van der Waals surface area (Å²) < 4.78 is 25.4. The second kappa shape index (κ2) is 7.19. The third kappa shape index (κ3) is 3.74. The number of hydrogen-bond acceptors (Lipinski definition) is 3. The number of carbonyl (C=O) groups excluding carboxylic acids is 1. The van der Waals surface area contributed by atoms with Crippen molar-refractivity contribution in [2.24, 2.45) is 0 Å². The third-order valence-electron chi connectivity index (χ3n) is 5.71. The van der Waals surface area contributed by atoms with E-state index in [4.69, 9.17) is 0 Å². The Balaban J connectivity index is 1.65. The molecule has 1 fully saturated rings. The Labute approximate surface area is 156 Å². The molecule has 1 saturated heterocycles. The number of hydrogen-bond donors (Lipinski definition) is 1. The fraction of sp³-hybridized carbons (Fsp3) is 0.632. The highest BCUT2D eigenvalue weighted by Crippen LogP contribution is 2.41. The van der Waals surface area contributed by atoms with Crippen molar-refractivity contribution in [3.63, 3.8) is 0 Å². The van der Waals surface area contributed by atoms with E-state index in [-0.39, 0.29) is 23.2 Å². The van der Waals surface area contributed by atoms with Gasteiger partial charge >= 0.3 is 6.03 Å². The van der Waals surface area contributed by atoms with Crippen LogP contribution in [0, 0.1) is 0 Å². The summed E-state index contributed by atoms with van der Waals surface area (Å²) in [5.74, 6) is 0.105. The van der Waals surface area contributed by atoms with Gasteiger partial charge in [0.05, 0.1) is 11.8 Å². The molecule has 0 aromatic heterocycles. The minimum atomic E-state index is -3.18. The standard InChI is InChI=1S/C19H29N3O3S/c1-4-26(24,25)22-13-11-21(12-14-22)18(23)20-17-9-10-19(2,3)16-8-6-5-7-15(16)17/h5-8,17H,4,9-14H2,1-3H3,(H,20,23). The van der Waals surface area contributed by atoms with Crippen LogP contribution in [-0.4, -0.2) is 55.6 Å². The number of amides is 2. The summed E-state index contributed by atoms with van der Waals surface area (Å²) in [6.07, 6.45) is 1.94. The van der Waals surface area contributed by atoms with Gasteiger partial charge in [-0.1, -0.05) is 38.1 Å². The fourth-order valence-corrected chi connectivity index (χ4v) is 5.04. The second-order valence-electron chi connectivity index (χ2n) is 7.80. The third-order valence-corrected chi connectivity index (χ3v) is 7.59. The van der Waals surface area contributed by atoms with Gasteiger partial charge < -0.3 is 10.2 Å². The van der Waals surface area contributed by atoms with E-state index in [0.717, 1.165) is 12.8 Å². The van der Waals surface area contributed by atoms with E-state index in [1.165, 1.54) is 15.4 Å². The van der Waals surface area contributed by atoms with Crippen molar-refractivity contribution in [2.45, 2.75) is 45.1 Å². The van der Waals surface area contributed by atoms with Crippen LogP contribution in [0.4, 0.5) is 4.79 Å². The average Bonchev–Trinajstić information content (AvgIpc) is 2.64. The number of fused-ring (bicyclic) bond motifs is 1. The molecule has 1 heterocycles. The Morgan fingerprint density at radius 2 is 1.85 bits per heavy atom. The van der Waals surface area contributed by atoms with E-state index in [1.807, 2.05) is 6.07 Å². The van der Waals surface area contributed by atoms with Crippen LogP contribution in [0.25, 0.3) is 0 Å². The van der Waals surface area contributed by atoms with Gasteiger partial charge in [-0.2, -0.15) is 4.31 Å². The number of rotatable bonds is 3. The summed E-state index contributed by atoms with van der Waals surface area (Å²) in [6.45, 7) is 7.76. The van der Waals surface area contributed by atoms with E-state index in [0.29, 0.717) is 26.2 Å². The predicted molar refractivity (Wildman–Crippen MR) is 103 cm³/mol. The highest BCUT2D eigenvalue weighted by molar-refractivity contribution is 7.89. The smallest absolute Gasteiger partial charge is 0.317 e. The van der Waals surface area contributed by atoms with Crippen LogP contribution < -0.4 is 5.32 Å². The first kappa shape index (κ1) is 19.2. The molecule has 3 rings (SSSR count). The first-order chi connectivity index (χ1) is 12.2. The van der Waals surface area contributed by atoms with Gasteiger partial charge in [-0.05, 0) is 36.3 Å². The van der Waals surface area contributed by atoms with Gasteiger partial charge in [-0.3, -0.25) is 0 Å². The summed E-state index contributed by atoms with van der Waals surface area (Å²) in [5.41, 5.74) is 2.62. The van der Waals surface area contributed by atoms with Crippen molar-refractivity contribution >= 4 is 16.1 Å². The molecule has 1 aromatic rings. The van der Waals surface area contributed by atoms with Gasteiger partial charge in [0.2, 0.25) is 10.0 Å². The summed E-state index contributed by atoms with van der Waals surface area (Å²) >= 11 is 0. The van der Waals surface area contributed by atoms with Crippen molar-refractivity contribution < 1.29 is 13.2 Å². The quantitative estimate of drug-likeness (QED) is 0.877. The van der Waals surface area contributed by atoms with Crippen LogP contribution >= 0.6 is 0 Å². The molecule has 26 heavy (non-hydrogen) atoms. The minimum absolute atomic E-state index is 0.0177. The van der Waals surface area contributed by atoms with Crippen LogP contribution in [0.1, 0.15) is 50.8 Å². The minimum Gasteiger partial charge on any atom is -0.331 e. The monoisotopic (exact) mass is 379 g/mol. The van der Waals surface area contributed by atoms with E-state index < -0.39 is 10.0 Å². The van der Waals surface area contributed by atoms with Gasteiger partial charge in [0, 0.05) is 26.2 Å². The van der Waals surface area contributed by atoms with Crippen LogP contribution in [0.15, 0.2) is 24.3 Å². The zero-order valence-corrected chi connectivity index (χ0v) is 16.7. The predicted octanol–water partition coefficient (Wildman–Crippen LogP) is 2.48.